The number of thiazole rings is 1. The molecule has 0 aliphatic rings. The molecule has 1 heterocycles. The van der Waals surface area contributed by atoms with Gasteiger partial charge in [-0.2, -0.15) is 0 Å². The molecule has 0 fully saturated rings. The number of carbonyl (C=O) groups excluding carboxylic acids is 1. The highest BCUT2D eigenvalue weighted by Crippen LogP contribution is 2.33. The average molecular weight is 426 g/mol. The van der Waals surface area contributed by atoms with Crippen LogP contribution in [0.3, 0.4) is 0 Å². The molecule has 0 saturated carbocycles. The number of hydrogen-bond acceptors (Lipinski definition) is 5. The number of Topliss-reactive ketones (excluding diaryl/α,β-unsaturated/α-hetero) is 1. The van der Waals surface area contributed by atoms with E-state index in [1.54, 1.807) is 32.4 Å². The summed E-state index contributed by atoms with van der Waals surface area (Å²) in [6.07, 6.45) is 3.22. The number of methoxy groups -OCH3 is 2. The van der Waals surface area contributed by atoms with Crippen LogP contribution in [0.5, 0.6) is 11.5 Å². The lowest BCUT2D eigenvalue weighted by atomic mass is 9.91. The standard InChI is InChI=1S/C18H20BrNO4S/c1-18(2,3)15(21)9-16-20-17(22)14(25-16)7-10-6-12(23-4)13(24-5)8-11(10)19/h6-9H,1-5H3,(H,20,22). The Hall–Kier alpha value is -1.86. The first kappa shape index (κ1) is 19.5. The number of halogens is 1. The number of aromatic nitrogens is 1. The zero-order valence-electron chi connectivity index (χ0n) is 14.7. The number of nitrogens with one attached hydrogen (secondary N) is 1. The van der Waals surface area contributed by atoms with Gasteiger partial charge in [0.25, 0.3) is 5.56 Å². The fourth-order valence-corrected chi connectivity index (χ4v) is 3.29. The second-order valence-corrected chi connectivity index (χ2v) is 8.35. The summed E-state index contributed by atoms with van der Waals surface area (Å²) >= 11 is 4.71. The molecular weight excluding hydrogens is 406 g/mol. The van der Waals surface area contributed by atoms with Crippen molar-refractivity contribution in [1.29, 1.82) is 0 Å². The summed E-state index contributed by atoms with van der Waals surface area (Å²) in [5, 5.41) is 0. The molecular formula is C18H20BrNO4S. The molecule has 25 heavy (non-hydrogen) atoms. The Morgan fingerprint density at radius 3 is 2.36 bits per heavy atom. The third kappa shape index (κ3) is 4.61. The number of rotatable bonds is 4. The van der Waals surface area contributed by atoms with Gasteiger partial charge in [0.05, 0.1) is 23.4 Å². The summed E-state index contributed by atoms with van der Waals surface area (Å²) in [4.78, 5) is 27.0. The van der Waals surface area contributed by atoms with Crippen molar-refractivity contribution in [3.05, 3.63) is 41.7 Å². The average Bonchev–Trinajstić information content (AvgIpc) is 2.87. The Labute approximate surface area is 158 Å². The Bertz CT molecular complexity index is 966. The first-order valence-electron chi connectivity index (χ1n) is 7.54. The van der Waals surface area contributed by atoms with Crippen molar-refractivity contribution in [2.45, 2.75) is 20.8 Å². The molecule has 0 atom stereocenters. The first-order chi connectivity index (χ1) is 11.7. The van der Waals surface area contributed by atoms with Gasteiger partial charge >= 0.3 is 0 Å². The van der Waals surface area contributed by atoms with Gasteiger partial charge in [-0.15, -0.1) is 11.3 Å². The van der Waals surface area contributed by atoms with Gasteiger partial charge < -0.3 is 14.5 Å². The van der Waals surface area contributed by atoms with E-state index in [1.165, 1.54) is 17.4 Å². The number of ketones is 1. The van der Waals surface area contributed by atoms with Crippen LogP contribution in [-0.2, 0) is 4.79 Å². The molecule has 1 aromatic carbocycles. The van der Waals surface area contributed by atoms with Crippen molar-refractivity contribution in [2.75, 3.05) is 14.2 Å². The monoisotopic (exact) mass is 425 g/mol. The summed E-state index contributed by atoms with van der Waals surface area (Å²) in [7, 11) is 3.12. The largest absolute Gasteiger partial charge is 0.493 e. The minimum absolute atomic E-state index is 0.0381. The lowest BCUT2D eigenvalue weighted by molar-refractivity contribution is -0.119. The minimum Gasteiger partial charge on any atom is -0.493 e. The van der Waals surface area contributed by atoms with Crippen LogP contribution in [0.15, 0.2) is 21.4 Å². The molecule has 0 bridgehead atoms. The highest BCUT2D eigenvalue weighted by atomic mass is 79.9. The van der Waals surface area contributed by atoms with E-state index in [1.807, 2.05) is 20.8 Å². The van der Waals surface area contributed by atoms with Crippen molar-refractivity contribution in [3.63, 3.8) is 0 Å². The Morgan fingerprint density at radius 1 is 1.20 bits per heavy atom. The maximum atomic E-state index is 12.2. The van der Waals surface area contributed by atoms with Crippen LogP contribution < -0.4 is 24.2 Å². The SMILES string of the molecule is COc1cc(Br)c(C=c2sc(=CC(=O)C(C)(C)C)[nH]c2=O)cc1OC. The van der Waals surface area contributed by atoms with Gasteiger partial charge in [0.2, 0.25) is 0 Å². The number of hydrogen-bond donors (Lipinski definition) is 1. The van der Waals surface area contributed by atoms with Crippen LogP contribution in [0.1, 0.15) is 26.3 Å². The van der Waals surface area contributed by atoms with E-state index >= 15 is 0 Å². The van der Waals surface area contributed by atoms with Crippen molar-refractivity contribution < 1.29 is 14.3 Å². The van der Waals surface area contributed by atoms with Crippen molar-refractivity contribution in [3.8, 4) is 11.5 Å². The molecule has 0 amide bonds. The van der Waals surface area contributed by atoms with Crippen LogP contribution in [0.2, 0.25) is 0 Å². The minimum atomic E-state index is -0.489. The molecule has 1 aromatic heterocycles. The summed E-state index contributed by atoms with van der Waals surface area (Å²) in [6.45, 7) is 5.52. The van der Waals surface area contributed by atoms with Gasteiger partial charge in [0.15, 0.2) is 17.3 Å². The summed E-state index contributed by atoms with van der Waals surface area (Å²) in [5.74, 6) is 1.12. The van der Waals surface area contributed by atoms with Crippen molar-refractivity contribution in [2.24, 2.45) is 5.41 Å². The number of aromatic amines is 1. The fraction of sp³-hybridized carbons (Fsp3) is 0.333. The Balaban J connectivity index is 2.56. The van der Waals surface area contributed by atoms with Crippen LogP contribution in [-0.4, -0.2) is 25.0 Å². The predicted octanol–water partition coefficient (Wildman–Crippen LogP) is 2.44. The molecule has 1 N–H and O–H groups in total. The maximum absolute atomic E-state index is 12.2. The molecule has 0 unspecified atom stereocenters. The van der Waals surface area contributed by atoms with E-state index in [0.717, 1.165) is 10.0 Å². The second kappa shape index (κ2) is 7.58. The van der Waals surface area contributed by atoms with Gasteiger partial charge in [-0.25, -0.2) is 0 Å². The number of ether oxygens (including phenoxy) is 2. The van der Waals surface area contributed by atoms with E-state index in [-0.39, 0.29) is 11.3 Å². The van der Waals surface area contributed by atoms with E-state index in [4.69, 9.17) is 9.47 Å². The third-order valence-corrected chi connectivity index (χ3v) is 5.12. The molecule has 134 valence electrons. The number of carbonyl (C=O) groups is 1. The highest BCUT2D eigenvalue weighted by Gasteiger charge is 2.18. The van der Waals surface area contributed by atoms with Gasteiger partial charge in [-0.1, -0.05) is 36.7 Å². The molecule has 2 rings (SSSR count). The Kier molecular flexibility index (Phi) is 5.90. The highest BCUT2D eigenvalue weighted by molar-refractivity contribution is 9.10. The maximum Gasteiger partial charge on any atom is 0.266 e. The summed E-state index contributed by atoms with van der Waals surface area (Å²) < 4.78 is 12.4. The van der Waals surface area contributed by atoms with Crippen LogP contribution in [0.25, 0.3) is 12.2 Å². The fourth-order valence-electron chi connectivity index (χ4n) is 1.98. The third-order valence-electron chi connectivity index (χ3n) is 3.47. The normalized spacial score (nSPS) is 13.2. The summed E-state index contributed by atoms with van der Waals surface area (Å²) in [6, 6.07) is 3.56. The molecule has 0 aliphatic heterocycles. The topological polar surface area (TPSA) is 68.4 Å². The first-order valence-corrected chi connectivity index (χ1v) is 9.15. The predicted molar refractivity (Wildman–Crippen MR) is 104 cm³/mol. The van der Waals surface area contributed by atoms with Crippen LogP contribution in [0, 0.1) is 5.41 Å². The van der Waals surface area contributed by atoms with Gasteiger partial charge in [-0.3, -0.25) is 9.59 Å². The van der Waals surface area contributed by atoms with E-state index in [2.05, 4.69) is 20.9 Å². The van der Waals surface area contributed by atoms with Gasteiger partial charge in [0, 0.05) is 16.0 Å². The zero-order valence-corrected chi connectivity index (χ0v) is 17.1. The zero-order chi connectivity index (χ0) is 18.8. The van der Waals surface area contributed by atoms with Crippen LogP contribution >= 0.6 is 27.3 Å². The molecule has 0 aliphatic carbocycles. The molecule has 0 saturated heterocycles. The lowest BCUT2D eigenvalue weighted by Crippen LogP contribution is -2.22. The van der Waals surface area contributed by atoms with E-state index < -0.39 is 5.41 Å². The van der Waals surface area contributed by atoms with Crippen molar-refractivity contribution >= 4 is 45.2 Å². The number of benzene rings is 1. The van der Waals surface area contributed by atoms with E-state index in [0.29, 0.717) is 20.7 Å². The Morgan fingerprint density at radius 2 is 1.80 bits per heavy atom. The quantitative estimate of drug-likeness (QED) is 0.816. The van der Waals surface area contributed by atoms with E-state index in [9.17, 15) is 9.59 Å². The second-order valence-electron chi connectivity index (χ2n) is 6.42. The van der Waals surface area contributed by atoms with Crippen molar-refractivity contribution in [1.82, 2.24) is 4.98 Å². The molecule has 2 aromatic rings. The summed E-state index contributed by atoms with van der Waals surface area (Å²) in [5.41, 5.74) is 0.0512. The van der Waals surface area contributed by atoms with Crippen LogP contribution in [0.4, 0.5) is 0 Å². The van der Waals surface area contributed by atoms with Gasteiger partial charge in [0.1, 0.15) is 0 Å². The lowest BCUT2D eigenvalue weighted by Gasteiger charge is -2.12. The number of H-pyrrole nitrogens is 1. The smallest absolute Gasteiger partial charge is 0.266 e. The molecule has 0 radical (unpaired) electrons. The molecule has 5 nitrogen and oxygen atoms in total. The molecule has 0 spiro atoms. The molecule has 7 heteroatoms. The van der Waals surface area contributed by atoms with Gasteiger partial charge in [-0.05, 0) is 23.8 Å².